The lowest BCUT2D eigenvalue weighted by Crippen LogP contribution is -1.99. The second-order valence-electron chi connectivity index (χ2n) is 3.23. The summed E-state index contributed by atoms with van der Waals surface area (Å²) in [5, 5.41) is 8.21. The third-order valence-corrected chi connectivity index (χ3v) is 2.82. The second-order valence-corrected chi connectivity index (χ2v) is 4.00. The van der Waals surface area contributed by atoms with Crippen LogP contribution in [0.5, 0.6) is 0 Å². The normalized spacial score (nSPS) is 12.6. The molecule has 0 amide bonds. The molecule has 3 rings (SSSR count). The predicted octanol–water partition coefficient (Wildman–Crippen LogP) is 2.07. The quantitative estimate of drug-likeness (QED) is 0.763. The third kappa shape index (κ3) is 1.38. The molecule has 16 heavy (non-hydrogen) atoms. The highest BCUT2D eigenvalue weighted by Crippen LogP contribution is 2.27. The van der Waals surface area contributed by atoms with Gasteiger partial charge < -0.3 is 5.32 Å². The highest BCUT2D eigenvalue weighted by atomic mass is 32.2. The van der Waals surface area contributed by atoms with Gasteiger partial charge in [-0.3, -0.25) is 0 Å². The van der Waals surface area contributed by atoms with Crippen molar-refractivity contribution < 1.29 is 0 Å². The maximum absolute atomic E-state index is 4.39. The van der Waals surface area contributed by atoms with Gasteiger partial charge in [-0.25, -0.2) is 4.99 Å². The molecular weight excluding hydrogens is 222 g/mol. The molecule has 2 aromatic rings. The number of hydrogen-bond acceptors (Lipinski definition) is 5. The van der Waals surface area contributed by atoms with Crippen LogP contribution in [0.15, 0.2) is 34.4 Å². The number of fused-ring (bicyclic) bond motifs is 3. The molecule has 80 valence electrons. The first-order valence-corrected chi connectivity index (χ1v) is 6.00. The molecule has 0 unspecified atom stereocenters. The van der Waals surface area contributed by atoms with E-state index in [9.17, 15) is 0 Å². The number of anilines is 1. The molecule has 6 heteroatoms. The fraction of sp³-hybridized carbons (Fsp3) is 0.100. The largest absolute Gasteiger partial charge is 0.344 e. The average Bonchev–Trinajstić information content (AvgIpc) is 2.66. The Morgan fingerprint density at radius 3 is 3.06 bits per heavy atom. The summed E-state index contributed by atoms with van der Waals surface area (Å²) in [6, 6.07) is 7.91. The number of benzene rings is 1. The first-order chi connectivity index (χ1) is 7.88. The van der Waals surface area contributed by atoms with Crippen LogP contribution in [0.3, 0.4) is 0 Å². The van der Waals surface area contributed by atoms with Crippen LogP contribution in [-0.2, 0) is 0 Å². The maximum atomic E-state index is 4.39. The molecule has 0 saturated heterocycles. The minimum atomic E-state index is 0.599. The zero-order valence-corrected chi connectivity index (χ0v) is 9.40. The summed E-state index contributed by atoms with van der Waals surface area (Å²) < 4.78 is 1.75. The Kier molecular flexibility index (Phi) is 2.14. The van der Waals surface area contributed by atoms with Gasteiger partial charge in [-0.15, -0.1) is 5.10 Å². The van der Waals surface area contributed by atoms with Crippen molar-refractivity contribution >= 4 is 29.7 Å². The van der Waals surface area contributed by atoms with E-state index < -0.39 is 0 Å². The fourth-order valence-electron chi connectivity index (χ4n) is 1.56. The van der Waals surface area contributed by atoms with Gasteiger partial charge in [0.1, 0.15) is 0 Å². The lowest BCUT2D eigenvalue weighted by atomic mass is 10.2. The molecule has 1 N–H and O–H groups in total. The van der Waals surface area contributed by atoms with Gasteiger partial charge in [0.25, 0.3) is 5.95 Å². The van der Waals surface area contributed by atoms with E-state index in [4.69, 9.17) is 0 Å². The van der Waals surface area contributed by atoms with Crippen LogP contribution in [0.25, 0.3) is 5.69 Å². The van der Waals surface area contributed by atoms with Gasteiger partial charge in [0.2, 0.25) is 5.16 Å². The molecule has 0 radical (unpaired) electrons. The van der Waals surface area contributed by atoms with Crippen LogP contribution in [0.2, 0.25) is 0 Å². The Morgan fingerprint density at radius 1 is 1.31 bits per heavy atom. The van der Waals surface area contributed by atoms with Gasteiger partial charge in [-0.05, 0) is 18.4 Å². The standard InChI is InChI=1S/C10H9N5S/c1-16-10-13-9-12-6-11-7-4-2-3-5-8(7)15(9)14-10/h2-6H,1H3,(H,11,12,13,14). The van der Waals surface area contributed by atoms with Crippen molar-refractivity contribution in [3.05, 3.63) is 24.3 Å². The zero-order chi connectivity index (χ0) is 11.0. The molecule has 5 nitrogen and oxygen atoms in total. The van der Waals surface area contributed by atoms with Crippen molar-refractivity contribution in [1.29, 1.82) is 0 Å². The van der Waals surface area contributed by atoms with E-state index in [0.29, 0.717) is 5.95 Å². The number of thioether (sulfide) groups is 1. The van der Waals surface area contributed by atoms with Crippen LogP contribution >= 0.6 is 11.8 Å². The number of aliphatic imine (C=N–C) groups is 1. The minimum absolute atomic E-state index is 0.599. The summed E-state index contributed by atoms with van der Waals surface area (Å²) in [4.78, 5) is 8.52. The molecule has 0 aliphatic carbocycles. The summed E-state index contributed by atoms with van der Waals surface area (Å²) >= 11 is 1.51. The Balaban J connectivity index is 2.25. The van der Waals surface area contributed by atoms with Crippen molar-refractivity contribution in [2.75, 3.05) is 11.6 Å². The number of para-hydroxylation sites is 2. The average molecular weight is 231 g/mol. The smallest absolute Gasteiger partial charge is 0.255 e. The van der Waals surface area contributed by atoms with E-state index in [1.807, 2.05) is 30.5 Å². The Morgan fingerprint density at radius 2 is 2.19 bits per heavy atom. The first kappa shape index (κ1) is 9.41. The highest BCUT2D eigenvalue weighted by molar-refractivity contribution is 7.98. The molecule has 0 saturated carbocycles. The van der Waals surface area contributed by atoms with Gasteiger partial charge in [-0.2, -0.15) is 9.67 Å². The number of rotatable bonds is 1. The number of hydrogen-bond donors (Lipinski definition) is 1. The van der Waals surface area contributed by atoms with Crippen LogP contribution in [0.4, 0.5) is 11.6 Å². The lowest BCUT2D eigenvalue weighted by molar-refractivity contribution is 0.840. The number of nitrogens with one attached hydrogen (secondary N) is 1. The monoisotopic (exact) mass is 231 g/mol. The van der Waals surface area contributed by atoms with Crippen molar-refractivity contribution in [2.45, 2.75) is 5.16 Å². The summed E-state index contributed by atoms with van der Waals surface area (Å²) in [6.45, 7) is 0. The van der Waals surface area contributed by atoms with Crippen LogP contribution in [0, 0.1) is 0 Å². The van der Waals surface area contributed by atoms with E-state index in [2.05, 4.69) is 20.4 Å². The van der Waals surface area contributed by atoms with Crippen molar-refractivity contribution in [2.24, 2.45) is 4.99 Å². The van der Waals surface area contributed by atoms with Crippen molar-refractivity contribution in [3.8, 4) is 5.69 Å². The molecule has 0 spiro atoms. The Bertz CT molecular complexity index is 560. The van der Waals surface area contributed by atoms with E-state index in [0.717, 1.165) is 16.5 Å². The molecular formula is C10H9N5S. The third-order valence-electron chi connectivity index (χ3n) is 2.29. The first-order valence-electron chi connectivity index (χ1n) is 4.78. The molecule has 1 aliphatic rings. The van der Waals surface area contributed by atoms with Crippen LogP contribution < -0.4 is 5.32 Å². The van der Waals surface area contributed by atoms with Crippen LogP contribution in [0.1, 0.15) is 0 Å². The van der Waals surface area contributed by atoms with E-state index in [-0.39, 0.29) is 0 Å². The predicted molar refractivity (Wildman–Crippen MR) is 64.9 cm³/mol. The van der Waals surface area contributed by atoms with Gasteiger partial charge in [0, 0.05) is 0 Å². The molecule has 0 atom stereocenters. The number of nitrogens with zero attached hydrogens (tertiary/aromatic N) is 4. The van der Waals surface area contributed by atoms with Gasteiger partial charge in [0.05, 0.1) is 17.7 Å². The maximum Gasteiger partial charge on any atom is 0.255 e. The topological polar surface area (TPSA) is 55.1 Å². The highest BCUT2D eigenvalue weighted by Gasteiger charge is 2.14. The minimum Gasteiger partial charge on any atom is -0.344 e. The summed E-state index contributed by atoms with van der Waals surface area (Å²) in [5.74, 6) is 0.599. The molecule has 1 aliphatic heterocycles. The zero-order valence-electron chi connectivity index (χ0n) is 8.58. The lowest BCUT2D eigenvalue weighted by Gasteiger charge is -2.05. The Labute approximate surface area is 96.6 Å². The SMILES string of the molecule is CSc1nc2n(n1)-c1ccccc1NC=N2. The second kappa shape index (κ2) is 3.64. The molecule has 0 fully saturated rings. The summed E-state index contributed by atoms with van der Waals surface area (Å²) in [7, 11) is 0. The van der Waals surface area contributed by atoms with E-state index in [1.165, 1.54) is 11.8 Å². The summed E-state index contributed by atoms with van der Waals surface area (Å²) in [5.41, 5.74) is 1.94. The van der Waals surface area contributed by atoms with Gasteiger partial charge >= 0.3 is 0 Å². The van der Waals surface area contributed by atoms with Crippen molar-refractivity contribution in [1.82, 2.24) is 14.8 Å². The molecule has 2 heterocycles. The Hall–Kier alpha value is -1.82. The summed E-state index contributed by atoms with van der Waals surface area (Å²) in [6.07, 6.45) is 3.58. The molecule has 0 bridgehead atoms. The van der Waals surface area contributed by atoms with Crippen molar-refractivity contribution in [3.63, 3.8) is 0 Å². The van der Waals surface area contributed by atoms with Crippen LogP contribution in [-0.4, -0.2) is 27.4 Å². The molecule has 1 aromatic heterocycles. The van der Waals surface area contributed by atoms with E-state index in [1.54, 1.807) is 11.0 Å². The molecule has 1 aromatic carbocycles. The number of aromatic nitrogens is 3. The van der Waals surface area contributed by atoms with Gasteiger partial charge in [-0.1, -0.05) is 23.9 Å². The van der Waals surface area contributed by atoms with E-state index >= 15 is 0 Å². The fourth-order valence-corrected chi connectivity index (χ4v) is 1.89. The van der Waals surface area contributed by atoms with Gasteiger partial charge in [0.15, 0.2) is 0 Å².